The Labute approximate surface area is 197 Å². The first kappa shape index (κ1) is 24.3. The molecule has 0 unspecified atom stereocenters. The number of likely N-dealkylation sites (tertiary alicyclic amines) is 1. The van der Waals surface area contributed by atoms with Crippen LogP contribution in [0.25, 0.3) is 0 Å². The van der Waals surface area contributed by atoms with Gasteiger partial charge in [-0.1, -0.05) is 12.1 Å². The summed E-state index contributed by atoms with van der Waals surface area (Å²) < 4.78 is 41.2. The summed E-state index contributed by atoms with van der Waals surface area (Å²) in [6, 6.07) is 13.9. The molecule has 2 aliphatic rings. The molecule has 1 amide bonds. The first-order valence-corrected chi connectivity index (χ1v) is 11.7. The quantitative estimate of drug-likeness (QED) is 0.660. The molecule has 0 radical (unpaired) electrons. The van der Waals surface area contributed by atoms with E-state index < -0.39 is 12.5 Å². The summed E-state index contributed by atoms with van der Waals surface area (Å²) in [6.45, 7) is 3.24. The smallest absolute Gasteiger partial charge is 0.406 e. The summed E-state index contributed by atoms with van der Waals surface area (Å²) in [5.74, 6) is -0.252. The Morgan fingerprint density at radius 2 is 1.79 bits per heavy atom. The van der Waals surface area contributed by atoms with Crippen LogP contribution < -0.4 is 15.0 Å². The van der Waals surface area contributed by atoms with Crippen molar-refractivity contribution in [2.24, 2.45) is 0 Å². The van der Waals surface area contributed by atoms with E-state index in [0.29, 0.717) is 25.2 Å². The SMILES string of the molecule is O=C(c1ccc(N2CCC(NCc3cccc(OC(F)(F)F)c3)CC2)cc1)N1CCC[C@H](O)C1. The number of alkyl halides is 3. The number of piperidine rings is 2. The van der Waals surface area contributed by atoms with Crippen LogP contribution in [0.2, 0.25) is 0 Å². The Morgan fingerprint density at radius 1 is 1.06 bits per heavy atom. The lowest BCUT2D eigenvalue weighted by Gasteiger charge is -2.34. The number of carbonyl (C=O) groups excluding carboxylic acids is 1. The number of hydrogen-bond donors (Lipinski definition) is 2. The van der Waals surface area contributed by atoms with E-state index in [1.54, 1.807) is 17.0 Å². The zero-order valence-corrected chi connectivity index (χ0v) is 18.9. The maximum Gasteiger partial charge on any atom is 0.573 e. The van der Waals surface area contributed by atoms with Crippen LogP contribution in [0, 0.1) is 0 Å². The number of anilines is 1. The zero-order valence-electron chi connectivity index (χ0n) is 18.9. The molecule has 184 valence electrons. The fourth-order valence-corrected chi connectivity index (χ4v) is 4.59. The summed E-state index contributed by atoms with van der Waals surface area (Å²) >= 11 is 0. The molecule has 2 aromatic rings. The van der Waals surface area contributed by atoms with E-state index in [9.17, 15) is 23.1 Å². The number of halogens is 3. The van der Waals surface area contributed by atoms with Crippen LogP contribution in [0.4, 0.5) is 18.9 Å². The second-order valence-corrected chi connectivity index (χ2v) is 8.93. The van der Waals surface area contributed by atoms with Crippen LogP contribution in [0.15, 0.2) is 48.5 Å². The van der Waals surface area contributed by atoms with Gasteiger partial charge >= 0.3 is 6.36 Å². The van der Waals surface area contributed by atoms with Crippen LogP contribution in [-0.2, 0) is 6.54 Å². The Kier molecular flexibility index (Phi) is 7.63. The predicted molar refractivity (Wildman–Crippen MR) is 123 cm³/mol. The van der Waals surface area contributed by atoms with Gasteiger partial charge in [-0.3, -0.25) is 4.79 Å². The van der Waals surface area contributed by atoms with Crippen molar-refractivity contribution in [2.45, 2.75) is 50.7 Å². The van der Waals surface area contributed by atoms with Crippen LogP contribution in [-0.4, -0.2) is 60.6 Å². The van der Waals surface area contributed by atoms with Gasteiger partial charge in [0.15, 0.2) is 0 Å². The molecule has 6 nitrogen and oxygen atoms in total. The molecule has 0 bridgehead atoms. The lowest BCUT2D eigenvalue weighted by molar-refractivity contribution is -0.274. The Hall–Kier alpha value is -2.78. The van der Waals surface area contributed by atoms with Gasteiger partial charge in [0.1, 0.15) is 5.75 Å². The molecule has 2 aromatic carbocycles. The van der Waals surface area contributed by atoms with E-state index in [4.69, 9.17) is 0 Å². The van der Waals surface area contributed by atoms with E-state index in [2.05, 4.69) is 15.0 Å². The molecular weight excluding hydrogens is 447 g/mol. The third-order valence-corrected chi connectivity index (χ3v) is 6.38. The molecule has 2 heterocycles. The first-order chi connectivity index (χ1) is 16.3. The van der Waals surface area contributed by atoms with Gasteiger partial charge in [-0.15, -0.1) is 13.2 Å². The second kappa shape index (κ2) is 10.7. The van der Waals surface area contributed by atoms with Crippen molar-refractivity contribution < 1.29 is 27.8 Å². The Bertz CT molecular complexity index is 960. The molecule has 0 saturated carbocycles. The van der Waals surface area contributed by atoms with Crippen molar-refractivity contribution in [3.8, 4) is 5.75 Å². The van der Waals surface area contributed by atoms with Crippen molar-refractivity contribution in [3.05, 3.63) is 59.7 Å². The lowest BCUT2D eigenvalue weighted by atomic mass is 10.0. The minimum atomic E-state index is -4.69. The van der Waals surface area contributed by atoms with Gasteiger partial charge in [-0.25, -0.2) is 0 Å². The van der Waals surface area contributed by atoms with Crippen molar-refractivity contribution >= 4 is 11.6 Å². The van der Waals surface area contributed by atoms with Crippen LogP contribution in [0.1, 0.15) is 41.6 Å². The number of ether oxygens (including phenoxy) is 1. The van der Waals surface area contributed by atoms with Crippen LogP contribution >= 0.6 is 0 Å². The van der Waals surface area contributed by atoms with Crippen LogP contribution in [0.3, 0.4) is 0 Å². The van der Waals surface area contributed by atoms with Gasteiger partial charge in [0.2, 0.25) is 0 Å². The molecule has 2 fully saturated rings. The zero-order chi connectivity index (χ0) is 24.1. The predicted octanol–water partition coefficient (Wildman–Crippen LogP) is 3.94. The highest BCUT2D eigenvalue weighted by Gasteiger charge is 2.31. The maximum absolute atomic E-state index is 12.7. The highest BCUT2D eigenvalue weighted by molar-refractivity contribution is 5.94. The highest BCUT2D eigenvalue weighted by Crippen LogP contribution is 2.25. The Morgan fingerprint density at radius 3 is 2.47 bits per heavy atom. The van der Waals surface area contributed by atoms with Crippen molar-refractivity contribution in [2.75, 3.05) is 31.1 Å². The number of amides is 1. The molecule has 2 aliphatic heterocycles. The monoisotopic (exact) mass is 477 g/mol. The second-order valence-electron chi connectivity index (χ2n) is 8.93. The third kappa shape index (κ3) is 6.64. The van der Waals surface area contributed by atoms with Gasteiger partial charge in [0.25, 0.3) is 5.91 Å². The number of carbonyl (C=O) groups is 1. The number of aliphatic hydroxyl groups excluding tert-OH is 1. The molecule has 4 rings (SSSR count). The minimum Gasteiger partial charge on any atom is -0.406 e. The number of rotatable bonds is 6. The summed E-state index contributed by atoms with van der Waals surface area (Å²) in [6.07, 6.45) is -1.76. The summed E-state index contributed by atoms with van der Waals surface area (Å²) in [7, 11) is 0. The summed E-state index contributed by atoms with van der Waals surface area (Å²) in [5, 5.41) is 13.2. The number of aliphatic hydroxyl groups is 1. The molecule has 34 heavy (non-hydrogen) atoms. The molecule has 0 aliphatic carbocycles. The van der Waals surface area contributed by atoms with Gasteiger partial charge in [-0.2, -0.15) is 0 Å². The fraction of sp³-hybridized carbons (Fsp3) is 0.480. The van der Waals surface area contributed by atoms with E-state index in [-0.39, 0.29) is 17.7 Å². The van der Waals surface area contributed by atoms with Gasteiger partial charge in [0, 0.05) is 50.0 Å². The maximum atomic E-state index is 12.7. The molecule has 1 atom stereocenters. The number of hydrogen-bond acceptors (Lipinski definition) is 5. The largest absolute Gasteiger partial charge is 0.573 e. The average Bonchev–Trinajstić information content (AvgIpc) is 2.82. The molecule has 2 saturated heterocycles. The molecule has 0 spiro atoms. The highest BCUT2D eigenvalue weighted by atomic mass is 19.4. The number of nitrogens with one attached hydrogen (secondary N) is 1. The van der Waals surface area contributed by atoms with Crippen molar-refractivity contribution in [3.63, 3.8) is 0 Å². The first-order valence-electron chi connectivity index (χ1n) is 11.7. The van der Waals surface area contributed by atoms with Gasteiger partial charge < -0.3 is 25.0 Å². The molecule has 9 heteroatoms. The van der Waals surface area contributed by atoms with E-state index in [0.717, 1.165) is 50.0 Å². The van der Waals surface area contributed by atoms with E-state index in [1.807, 2.05) is 24.3 Å². The van der Waals surface area contributed by atoms with Crippen LogP contribution in [0.5, 0.6) is 5.75 Å². The molecule has 0 aromatic heterocycles. The Balaban J connectivity index is 1.25. The lowest BCUT2D eigenvalue weighted by Crippen LogP contribution is -2.42. The third-order valence-electron chi connectivity index (χ3n) is 6.38. The number of benzene rings is 2. The van der Waals surface area contributed by atoms with Crippen molar-refractivity contribution in [1.29, 1.82) is 0 Å². The topological polar surface area (TPSA) is 65.0 Å². The van der Waals surface area contributed by atoms with E-state index in [1.165, 1.54) is 12.1 Å². The fourth-order valence-electron chi connectivity index (χ4n) is 4.59. The van der Waals surface area contributed by atoms with Gasteiger partial charge in [-0.05, 0) is 67.6 Å². The summed E-state index contributed by atoms with van der Waals surface area (Å²) in [4.78, 5) is 16.7. The van der Waals surface area contributed by atoms with Gasteiger partial charge in [0.05, 0.1) is 6.10 Å². The summed E-state index contributed by atoms with van der Waals surface area (Å²) in [5.41, 5.74) is 2.43. The van der Waals surface area contributed by atoms with Crippen molar-refractivity contribution in [1.82, 2.24) is 10.2 Å². The number of nitrogens with zero attached hydrogens (tertiary/aromatic N) is 2. The minimum absolute atomic E-state index is 0.0436. The number of β-amino-alcohol motifs (C(OH)–C–C–N with tert-alkyl or cyclic N) is 1. The standard InChI is InChI=1S/C25H30F3N3O3/c26-25(27,28)34-23-5-1-3-18(15-23)16-29-20-10-13-30(14-11-20)21-8-6-19(7-9-21)24(33)31-12-2-4-22(32)17-31/h1,3,5-9,15,20,22,29,32H,2,4,10-14,16-17H2/t22-/m0/s1. The van der Waals surface area contributed by atoms with E-state index >= 15 is 0 Å². The molecular formula is C25H30F3N3O3. The molecule has 2 N–H and O–H groups in total. The average molecular weight is 478 g/mol. The normalized spacial score (nSPS) is 19.8.